The van der Waals surface area contributed by atoms with Gasteiger partial charge in [0.1, 0.15) is 11.6 Å². The largest absolute Gasteiger partial charge is 0.451 e. The number of rotatable bonds is 4. The molecule has 0 atom stereocenters. The van der Waals surface area contributed by atoms with Crippen LogP contribution in [0.1, 0.15) is 21.7 Å². The number of aryl methyl sites for hydroxylation is 1. The van der Waals surface area contributed by atoms with Crippen LogP contribution in [0.2, 0.25) is 0 Å². The Balaban J connectivity index is 1.69. The first kappa shape index (κ1) is 15.0. The predicted molar refractivity (Wildman–Crippen MR) is 86.5 cm³/mol. The van der Waals surface area contributed by atoms with E-state index >= 15 is 0 Å². The summed E-state index contributed by atoms with van der Waals surface area (Å²) >= 11 is 0. The minimum atomic E-state index is -0.381. The highest BCUT2D eigenvalue weighted by Gasteiger charge is 2.14. The van der Waals surface area contributed by atoms with Crippen LogP contribution in [0.25, 0.3) is 11.3 Å². The van der Waals surface area contributed by atoms with E-state index < -0.39 is 0 Å². The van der Waals surface area contributed by atoms with E-state index in [0.29, 0.717) is 17.9 Å². The van der Waals surface area contributed by atoms with Gasteiger partial charge in [0.25, 0.3) is 5.91 Å². The zero-order valence-electron chi connectivity index (χ0n) is 12.7. The van der Waals surface area contributed by atoms with Crippen LogP contribution in [0, 0.1) is 12.7 Å². The fraction of sp³-hybridized carbons (Fsp3) is 0.105. The summed E-state index contributed by atoms with van der Waals surface area (Å²) < 4.78 is 19.2. The van der Waals surface area contributed by atoms with Gasteiger partial charge in [0.2, 0.25) is 0 Å². The van der Waals surface area contributed by atoms with E-state index in [9.17, 15) is 9.18 Å². The quantitative estimate of drug-likeness (QED) is 0.779. The molecule has 3 nitrogen and oxygen atoms in total. The maximum atomic E-state index is 13.7. The molecule has 0 fully saturated rings. The Morgan fingerprint density at radius 3 is 2.52 bits per heavy atom. The van der Waals surface area contributed by atoms with Gasteiger partial charge in [-0.15, -0.1) is 0 Å². The summed E-state index contributed by atoms with van der Waals surface area (Å²) in [5, 5.41) is 2.79. The lowest BCUT2D eigenvalue weighted by Crippen LogP contribution is -2.22. The van der Waals surface area contributed by atoms with Crippen molar-refractivity contribution in [3.63, 3.8) is 0 Å². The van der Waals surface area contributed by atoms with Crippen molar-refractivity contribution < 1.29 is 13.6 Å². The van der Waals surface area contributed by atoms with E-state index in [-0.39, 0.29) is 17.5 Å². The number of furan rings is 1. The fourth-order valence-corrected chi connectivity index (χ4v) is 2.24. The molecule has 0 aliphatic heterocycles. The van der Waals surface area contributed by atoms with Gasteiger partial charge < -0.3 is 9.73 Å². The second kappa shape index (κ2) is 6.48. The second-order valence-corrected chi connectivity index (χ2v) is 5.31. The fourth-order valence-electron chi connectivity index (χ4n) is 2.24. The molecule has 0 unspecified atom stereocenters. The molecule has 23 heavy (non-hydrogen) atoms. The Morgan fingerprint density at radius 1 is 1.04 bits per heavy atom. The normalized spacial score (nSPS) is 10.5. The number of amides is 1. The number of halogens is 1. The SMILES string of the molecule is Cc1ccc(CNC(=O)c2ccc(-c3ccccc3F)o2)cc1. The average Bonchev–Trinajstić information content (AvgIpc) is 3.04. The molecule has 0 radical (unpaired) electrons. The number of carbonyl (C=O) groups excluding carboxylic acids is 1. The van der Waals surface area contributed by atoms with Gasteiger partial charge in [-0.1, -0.05) is 42.0 Å². The molecular weight excluding hydrogens is 293 g/mol. The van der Waals surface area contributed by atoms with E-state index in [2.05, 4.69) is 5.32 Å². The van der Waals surface area contributed by atoms with Crippen molar-refractivity contribution in [2.45, 2.75) is 13.5 Å². The van der Waals surface area contributed by atoms with Crippen molar-refractivity contribution in [3.8, 4) is 11.3 Å². The topological polar surface area (TPSA) is 42.2 Å². The van der Waals surface area contributed by atoms with Crippen molar-refractivity contribution in [2.75, 3.05) is 0 Å². The molecule has 4 heteroatoms. The summed E-state index contributed by atoms with van der Waals surface area (Å²) in [7, 11) is 0. The van der Waals surface area contributed by atoms with Gasteiger partial charge in [-0.25, -0.2) is 4.39 Å². The minimum Gasteiger partial charge on any atom is -0.451 e. The van der Waals surface area contributed by atoms with Crippen LogP contribution in [0.3, 0.4) is 0 Å². The highest BCUT2D eigenvalue weighted by Crippen LogP contribution is 2.24. The Morgan fingerprint density at radius 2 is 1.78 bits per heavy atom. The Bertz CT molecular complexity index is 821. The van der Waals surface area contributed by atoms with Gasteiger partial charge in [-0.3, -0.25) is 4.79 Å². The molecule has 0 aliphatic carbocycles. The molecule has 1 amide bonds. The lowest BCUT2D eigenvalue weighted by Gasteiger charge is -2.04. The summed E-state index contributed by atoms with van der Waals surface area (Å²) in [6.45, 7) is 2.42. The zero-order valence-corrected chi connectivity index (χ0v) is 12.7. The Hall–Kier alpha value is -2.88. The molecule has 116 valence electrons. The standard InChI is InChI=1S/C19H16FNO2/c1-13-6-8-14(9-7-13)12-21-19(22)18-11-10-17(23-18)15-4-2-3-5-16(15)20/h2-11H,12H2,1H3,(H,21,22). The summed E-state index contributed by atoms with van der Waals surface area (Å²) in [6.07, 6.45) is 0. The summed E-state index contributed by atoms with van der Waals surface area (Å²) in [5.74, 6) is -0.208. The first-order valence-electron chi connectivity index (χ1n) is 7.32. The van der Waals surface area contributed by atoms with E-state index in [4.69, 9.17) is 4.42 Å². The molecule has 0 saturated heterocycles. The summed E-state index contributed by atoms with van der Waals surface area (Å²) in [5.41, 5.74) is 2.51. The minimum absolute atomic E-state index is 0.162. The summed E-state index contributed by atoms with van der Waals surface area (Å²) in [4.78, 5) is 12.1. The van der Waals surface area contributed by atoms with Crippen LogP contribution >= 0.6 is 0 Å². The van der Waals surface area contributed by atoms with Crippen molar-refractivity contribution in [2.24, 2.45) is 0 Å². The molecule has 0 aliphatic rings. The molecular formula is C19H16FNO2. The molecule has 3 rings (SSSR count). The maximum absolute atomic E-state index is 13.7. The molecule has 1 heterocycles. The predicted octanol–water partition coefficient (Wildman–Crippen LogP) is 4.32. The van der Waals surface area contributed by atoms with Crippen molar-refractivity contribution in [1.29, 1.82) is 0 Å². The molecule has 0 saturated carbocycles. The second-order valence-electron chi connectivity index (χ2n) is 5.31. The Kier molecular flexibility index (Phi) is 4.24. The van der Waals surface area contributed by atoms with Gasteiger partial charge in [0.05, 0.1) is 5.56 Å². The van der Waals surface area contributed by atoms with Crippen LogP contribution in [0.15, 0.2) is 65.1 Å². The third-order valence-corrected chi connectivity index (χ3v) is 3.54. The third kappa shape index (κ3) is 3.48. The van der Waals surface area contributed by atoms with E-state index in [0.717, 1.165) is 5.56 Å². The molecule has 2 aromatic carbocycles. The van der Waals surface area contributed by atoms with Crippen molar-refractivity contribution in [3.05, 3.63) is 83.4 Å². The lowest BCUT2D eigenvalue weighted by molar-refractivity contribution is 0.0924. The van der Waals surface area contributed by atoms with E-state index in [1.54, 1.807) is 30.3 Å². The number of hydrogen-bond acceptors (Lipinski definition) is 2. The van der Waals surface area contributed by atoms with Crippen LogP contribution < -0.4 is 5.32 Å². The molecule has 3 aromatic rings. The highest BCUT2D eigenvalue weighted by atomic mass is 19.1. The van der Waals surface area contributed by atoms with Crippen molar-refractivity contribution in [1.82, 2.24) is 5.32 Å². The highest BCUT2D eigenvalue weighted by molar-refractivity contribution is 5.92. The van der Waals surface area contributed by atoms with Crippen LogP contribution in [-0.2, 0) is 6.54 Å². The molecule has 0 bridgehead atoms. The van der Waals surface area contributed by atoms with E-state index in [1.165, 1.54) is 11.6 Å². The van der Waals surface area contributed by atoms with Gasteiger partial charge in [0.15, 0.2) is 5.76 Å². The third-order valence-electron chi connectivity index (χ3n) is 3.54. The summed E-state index contributed by atoms with van der Waals surface area (Å²) in [6, 6.07) is 17.3. The monoisotopic (exact) mass is 309 g/mol. The van der Waals surface area contributed by atoms with Gasteiger partial charge in [-0.2, -0.15) is 0 Å². The smallest absolute Gasteiger partial charge is 0.287 e. The average molecular weight is 309 g/mol. The zero-order chi connectivity index (χ0) is 16.2. The number of nitrogens with one attached hydrogen (secondary N) is 1. The molecule has 1 aromatic heterocycles. The van der Waals surface area contributed by atoms with Crippen LogP contribution in [0.4, 0.5) is 4.39 Å². The number of hydrogen-bond donors (Lipinski definition) is 1. The van der Waals surface area contributed by atoms with Crippen LogP contribution in [0.5, 0.6) is 0 Å². The first-order valence-corrected chi connectivity index (χ1v) is 7.32. The molecule has 0 spiro atoms. The Labute approximate surface area is 133 Å². The number of benzene rings is 2. The van der Waals surface area contributed by atoms with Gasteiger partial charge in [0, 0.05) is 6.54 Å². The van der Waals surface area contributed by atoms with Crippen molar-refractivity contribution >= 4 is 5.91 Å². The number of carbonyl (C=O) groups is 1. The first-order chi connectivity index (χ1) is 11.1. The van der Waals surface area contributed by atoms with Gasteiger partial charge >= 0.3 is 0 Å². The maximum Gasteiger partial charge on any atom is 0.287 e. The van der Waals surface area contributed by atoms with Gasteiger partial charge in [-0.05, 0) is 36.8 Å². The molecule has 1 N–H and O–H groups in total. The van der Waals surface area contributed by atoms with E-state index in [1.807, 2.05) is 31.2 Å². The lowest BCUT2D eigenvalue weighted by atomic mass is 10.1. The van der Waals surface area contributed by atoms with Crippen LogP contribution in [-0.4, -0.2) is 5.91 Å².